The van der Waals surface area contributed by atoms with E-state index in [9.17, 15) is 4.79 Å². The fourth-order valence-electron chi connectivity index (χ4n) is 2.12. The number of fused-ring (bicyclic) bond motifs is 1. The molecule has 19 heavy (non-hydrogen) atoms. The first kappa shape index (κ1) is 11.7. The summed E-state index contributed by atoms with van der Waals surface area (Å²) in [6.07, 6.45) is 0. The number of nitrogens with zero attached hydrogens (tertiary/aromatic N) is 3. The molecule has 1 aliphatic rings. The zero-order valence-corrected chi connectivity index (χ0v) is 10.6. The number of aryl methyl sites for hydroxylation is 1. The minimum absolute atomic E-state index is 0.0204. The Balaban J connectivity index is 1.83. The molecule has 1 N–H and O–H groups in total. The van der Waals surface area contributed by atoms with Crippen LogP contribution in [0.25, 0.3) is 0 Å². The van der Waals surface area contributed by atoms with Crippen LogP contribution in [0.15, 0.2) is 28.7 Å². The molecule has 1 aromatic carbocycles. The first-order chi connectivity index (χ1) is 9.22. The van der Waals surface area contributed by atoms with Crippen LogP contribution in [-0.2, 0) is 17.9 Å². The van der Waals surface area contributed by atoms with Crippen molar-refractivity contribution >= 4 is 11.6 Å². The Morgan fingerprint density at radius 2 is 2.21 bits per heavy atom. The molecule has 3 rings (SSSR count). The number of hydrogen-bond donors (Lipinski definition) is 1. The zero-order chi connectivity index (χ0) is 13.2. The summed E-state index contributed by atoms with van der Waals surface area (Å²) < 4.78 is 5.33. The summed E-state index contributed by atoms with van der Waals surface area (Å²) in [5.41, 5.74) is 2.09. The van der Waals surface area contributed by atoms with Crippen molar-refractivity contribution in [2.45, 2.75) is 20.0 Å². The molecule has 0 atom stereocenters. The molecule has 98 valence electrons. The standard InChI is InChI=1S/C13H14N4O2/c1-9-15-16-12(19-9)8-17-7-10-4-2-3-5-11(10)14-6-13(17)18/h2-5,14H,6-8H2,1H3. The third kappa shape index (κ3) is 2.42. The van der Waals surface area contributed by atoms with E-state index in [1.165, 1.54) is 0 Å². The molecule has 2 heterocycles. The van der Waals surface area contributed by atoms with Crippen molar-refractivity contribution in [1.82, 2.24) is 15.1 Å². The summed E-state index contributed by atoms with van der Waals surface area (Å²) in [4.78, 5) is 13.8. The first-order valence-electron chi connectivity index (χ1n) is 6.11. The molecular weight excluding hydrogens is 244 g/mol. The van der Waals surface area contributed by atoms with E-state index in [2.05, 4.69) is 15.5 Å². The van der Waals surface area contributed by atoms with Crippen molar-refractivity contribution in [3.8, 4) is 0 Å². The van der Waals surface area contributed by atoms with Crippen LogP contribution < -0.4 is 5.32 Å². The van der Waals surface area contributed by atoms with E-state index in [1.807, 2.05) is 24.3 Å². The lowest BCUT2D eigenvalue weighted by molar-refractivity contribution is -0.130. The lowest BCUT2D eigenvalue weighted by atomic mass is 10.2. The molecule has 0 bridgehead atoms. The van der Waals surface area contributed by atoms with Gasteiger partial charge in [-0.3, -0.25) is 4.79 Å². The third-order valence-corrected chi connectivity index (χ3v) is 3.06. The van der Waals surface area contributed by atoms with E-state index in [4.69, 9.17) is 4.42 Å². The lowest BCUT2D eigenvalue weighted by Gasteiger charge is -2.18. The fraction of sp³-hybridized carbons (Fsp3) is 0.308. The maximum Gasteiger partial charge on any atom is 0.242 e. The van der Waals surface area contributed by atoms with Crippen molar-refractivity contribution in [2.75, 3.05) is 11.9 Å². The number of aromatic nitrogens is 2. The van der Waals surface area contributed by atoms with E-state index < -0.39 is 0 Å². The van der Waals surface area contributed by atoms with Crippen molar-refractivity contribution < 1.29 is 9.21 Å². The van der Waals surface area contributed by atoms with Gasteiger partial charge in [0, 0.05) is 19.2 Å². The number of rotatable bonds is 2. The maximum atomic E-state index is 12.1. The molecular formula is C13H14N4O2. The summed E-state index contributed by atoms with van der Waals surface area (Å²) in [5, 5.41) is 10.8. The van der Waals surface area contributed by atoms with Crippen LogP contribution in [0.1, 0.15) is 17.3 Å². The van der Waals surface area contributed by atoms with Crippen molar-refractivity contribution in [2.24, 2.45) is 0 Å². The average molecular weight is 258 g/mol. The number of carbonyl (C=O) groups excluding carboxylic acids is 1. The normalized spacial score (nSPS) is 14.8. The molecule has 0 spiro atoms. The van der Waals surface area contributed by atoms with Crippen LogP contribution >= 0.6 is 0 Å². The van der Waals surface area contributed by atoms with Crippen LogP contribution in [0, 0.1) is 6.92 Å². The van der Waals surface area contributed by atoms with Gasteiger partial charge in [0.1, 0.15) is 0 Å². The molecule has 0 unspecified atom stereocenters. The average Bonchev–Trinajstić information content (AvgIpc) is 2.74. The maximum absolute atomic E-state index is 12.1. The van der Waals surface area contributed by atoms with E-state index >= 15 is 0 Å². The number of hydrogen-bond acceptors (Lipinski definition) is 5. The van der Waals surface area contributed by atoms with Gasteiger partial charge >= 0.3 is 0 Å². The minimum atomic E-state index is 0.0204. The Kier molecular flexibility index (Phi) is 2.91. The number of nitrogens with one attached hydrogen (secondary N) is 1. The van der Waals surface area contributed by atoms with Crippen LogP contribution in [-0.4, -0.2) is 27.5 Å². The van der Waals surface area contributed by atoms with Crippen LogP contribution in [0.3, 0.4) is 0 Å². The lowest BCUT2D eigenvalue weighted by Crippen LogP contribution is -2.32. The monoisotopic (exact) mass is 258 g/mol. The molecule has 2 aromatic rings. The summed E-state index contributed by atoms with van der Waals surface area (Å²) in [5.74, 6) is 0.994. The van der Waals surface area contributed by atoms with Crippen molar-refractivity contribution in [3.63, 3.8) is 0 Å². The van der Waals surface area contributed by atoms with Gasteiger partial charge in [0.25, 0.3) is 0 Å². The summed E-state index contributed by atoms with van der Waals surface area (Å²) in [6, 6.07) is 7.90. The highest BCUT2D eigenvalue weighted by Crippen LogP contribution is 2.21. The highest BCUT2D eigenvalue weighted by molar-refractivity contribution is 5.82. The van der Waals surface area contributed by atoms with E-state index in [0.29, 0.717) is 24.9 Å². The summed E-state index contributed by atoms with van der Waals surface area (Å²) >= 11 is 0. The highest BCUT2D eigenvalue weighted by atomic mass is 16.4. The Morgan fingerprint density at radius 3 is 3.00 bits per heavy atom. The Hall–Kier alpha value is -2.37. The Labute approximate surface area is 110 Å². The molecule has 0 aliphatic carbocycles. The van der Waals surface area contributed by atoms with Gasteiger partial charge in [0.2, 0.25) is 17.7 Å². The number of anilines is 1. The molecule has 6 heteroatoms. The minimum Gasteiger partial charge on any atom is -0.424 e. The van der Waals surface area contributed by atoms with Gasteiger partial charge in [-0.2, -0.15) is 0 Å². The van der Waals surface area contributed by atoms with Gasteiger partial charge in [0.05, 0.1) is 13.1 Å². The number of para-hydroxylation sites is 1. The van der Waals surface area contributed by atoms with Gasteiger partial charge in [-0.15, -0.1) is 10.2 Å². The molecule has 1 amide bonds. The van der Waals surface area contributed by atoms with Crippen LogP contribution in [0.5, 0.6) is 0 Å². The van der Waals surface area contributed by atoms with Gasteiger partial charge in [0.15, 0.2) is 0 Å². The van der Waals surface area contributed by atoms with E-state index in [-0.39, 0.29) is 12.5 Å². The second-order valence-corrected chi connectivity index (χ2v) is 4.48. The molecule has 0 saturated heterocycles. The predicted octanol–water partition coefficient (Wildman–Crippen LogP) is 1.33. The smallest absolute Gasteiger partial charge is 0.242 e. The molecule has 0 radical (unpaired) electrons. The summed E-state index contributed by atoms with van der Waals surface area (Å²) in [7, 11) is 0. The SMILES string of the molecule is Cc1nnc(CN2Cc3ccccc3NCC2=O)o1. The molecule has 1 aromatic heterocycles. The topological polar surface area (TPSA) is 71.3 Å². The largest absolute Gasteiger partial charge is 0.424 e. The molecule has 6 nitrogen and oxygen atoms in total. The second-order valence-electron chi connectivity index (χ2n) is 4.48. The Morgan fingerprint density at radius 1 is 1.37 bits per heavy atom. The van der Waals surface area contributed by atoms with Crippen molar-refractivity contribution in [3.05, 3.63) is 41.6 Å². The van der Waals surface area contributed by atoms with Gasteiger partial charge in [-0.25, -0.2) is 0 Å². The first-order valence-corrected chi connectivity index (χ1v) is 6.11. The van der Waals surface area contributed by atoms with Crippen LogP contribution in [0.2, 0.25) is 0 Å². The molecule has 0 saturated carbocycles. The quantitative estimate of drug-likeness (QED) is 0.880. The molecule has 1 aliphatic heterocycles. The predicted molar refractivity (Wildman–Crippen MR) is 68.2 cm³/mol. The van der Waals surface area contributed by atoms with E-state index in [0.717, 1.165) is 11.3 Å². The Bertz CT molecular complexity index is 608. The number of benzene rings is 1. The highest BCUT2D eigenvalue weighted by Gasteiger charge is 2.21. The van der Waals surface area contributed by atoms with Gasteiger partial charge < -0.3 is 14.6 Å². The van der Waals surface area contributed by atoms with Crippen molar-refractivity contribution in [1.29, 1.82) is 0 Å². The fourth-order valence-corrected chi connectivity index (χ4v) is 2.12. The van der Waals surface area contributed by atoms with Gasteiger partial charge in [-0.1, -0.05) is 18.2 Å². The molecule has 0 fully saturated rings. The summed E-state index contributed by atoms with van der Waals surface area (Å²) in [6.45, 7) is 2.90. The second kappa shape index (κ2) is 4.72. The number of carbonyl (C=O) groups is 1. The third-order valence-electron chi connectivity index (χ3n) is 3.06. The van der Waals surface area contributed by atoms with E-state index in [1.54, 1.807) is 11.8 Å². The van der Waals surface area contributed by atoms with Crippen LogP contribution in [0.4, 0.5) is 5.69 Å². The zero-order valence-electron chi connectivity index (χ0n) is 10.6. The van der Waals surface area contributed by atoms with Gasteiger partial charge in [-0.05, 0) is 11.6 Å². The number of amides is 1.